The number of nitrogens with zero attached hydrogens (tertiary/aromatic N) is 4. The van der Waals surface area contributed by atoms with Crippen molar-refractivity contribution in [1.29, 1.82) is 0 Å². The smallest absolute Gasteiger partial charge is 0.262 e. The lowest BCUT2D eigenvalue weighted by Crippen LogP contribution is -2.21. The van der Waals surface area contributed by atoms with Gasteiger partial charge in [-0.3, -0.25) is 4.79 Å². The number of aromatic nitrogens is 3. The number of carbonyl (C=O) groups excluding carboxylic acids is 1. The van der Waals surface area contributed by atoms with E-state index < -0.39 is 0 Å². The Morgan fingerprint density at radius 3 is 2.31 bits per heavy atom. The minimum Gasteiger partial charge on any atom is -0.484 e. The normalized spacial score (nSPS) is 11.1. The van der Waals surface area contributed by atoms with Crippen molar-refractivity contribution in [3.63, 3.8) is 0 Å². The molecule has 0 unspecified atom stereocenters. The van der Waals surface area contributed by atoms with Crippen LogP contribution in [0.15, 0.2) is 78.9 Å². The van der Waals surface area contributed by atoms with Crippen LogP contribution in [0.3, 0.4) is 0 Å². The zero-order chi connectivity index (χ0) is 25.1. The van der Waals surface area contributed by atoms with Gasteiger partial charge < -0.3 is 15.0 Å². The molecule has 0 fully saturated rings. The molecular formula is C29H29N5O2. The van der Waals surface area contributed by atoms with Gasteiger partial charge in [-0.25, -0.2) is 0 Å². The lowest BCUT2D eigenvalue weighted by Gasteiger charge is -2.20. The van der Waals surface area contributed by atoms with Crippen LogP contribution in [-0.2, 0) is 4.79 Å². The first kappa shape index (κ1) is 23.4. The quantitative estimate of drug-likeness (QED) is 0.307. The van der Waals surface area contributed by atoms with E-state index in [1.165, 1.54) is 5.69 Å². The molecule has 1 aromatic heterocycles. The van der Waals surface area contributed by atoms with Gasteiger partial charge in [-0.05, 0) is 85.6 Å². The summed E-state index contributed by atoms with van der Waals surface area (Å²) in [6.45, 7) is 8.07. The molecule has 0 saturated heterocycles. The second-order valence-electron chi connectivity index (χ2n) is 8.68. The molecule has 0 aliphatic rings. The number of ether oxygens (including phenoxy) is 1. The van der Waals surface area contributed by atoms with Gasteiger partial charge in [-0.2, -0.15) is 4.80 Å². The lowest BCUT2D eigenvalue weighted by atomic mass is 10.1. The average Bonchev–Trinajstić information content (AvgIpc) is 3.31. The number of rotatable bonds is 8. The third-order valence-corrected chi connectivity index (χ3v) is 6.30. The molecule has 1 heterocycles. The number of carbonyl (C=O) groups is 1. The van der Waals surface area contributed by atoms with Crippen molar-refractivity contribution in [3.05, 3.63) is 84.4 Å². The number of hydrogen-bond donors (Lipinski definition) is 1. The predicted molar refractivity (Wildman–Crippen MR) is 145 cm³/mol. The van der Waals surface area contributed by atoms with Crippen LogP contribution in [0.1, 0.15) is 19.4 Å². The molecule has 4 aromatic carbocycles. The second-order valence-corrected chi connectivity index (χ2v) is 8.68. The first-order valence-electron chi connectivity index (χ1n) is 12.2. The van der Waals surface area contributed by atoms with Crippen LogP contribution in [0.5, 0.6) is 5.75 Å². The summed E-state index contributed by atoms with van der Waals surface area (Å²) in [5.41, 5.74) is 5.13. The fourth-order valence-corrected chi connectivity index (χ4v) is 4.30. The summed E-state index contributed by atoms with van der Waals surface area (Å²) < 4.78 is 5.73. The molecule has 0 radical (unpaired) electrons. The summed E-state index contributed by atoms with van der Waals surface area (Å²) in [7, 11) is 0. The molecule has 0 aliphatic carbocycles. The first-order chi connectivity index (χ1) is 17.5. The molecule has 0 saturated carbocycles. The Bertz CT molecular complexity index is 1520. The average molecular weight is 480 g/mol. The summed E-state index contributed by atoms with van der Waals surface area (Å²) in [6.07, 6.45) is 0. The SMILES string of the molecule is CCN(CC)c1ccc(-n2nc3cc(C)c(NC(=O)COc4ccc5ccccc5c4)cc3n2)cc1. The molecule has 0 aliphatic heterocycles. The Morgan fingerprint density at radius 2 is 1.58 bits per heavy atom. The molecule has 7 nitrogen and oxygen atoms in total. The highest BCUT2D eigenvalue weighted by molar-refractivity contribution is 5.95. The van der Waals surface area contributed by atoms with Crippen molar-refractivity contribution in [1.82, 2.24) is 15.0 Å². The summed E-state index contributed by atoms with van der Waals surface area (Å²) in [5, 5.41) is 14.4. The summed E-state index contributed by atoms with van der Waals surface area (Å²) in [6, 6.07) is 25.8. The Labute approximate surface area is 210 Å². The van der Waals surface area contributed by atoms with E-state index in [0.717, 1.165) is 40.6 Å². The summed E-state index contributed by atoms with van der Waals surface area (Å²) in [4.78, 5) is 16.5. The van der Waals surface area contributed by atoms with Gasteiger partial charge in [0, 0.05) is 24.5 Å². The van der Waals surface area contributed by atoms with E-state index in [0.29, 0.717) is 17.0 Å². The van der Waals surface area contributed by atoms with Crippen molar-refractivity contribution >= 4 is 39.1 Å². The van der Waals surface area contributed by atoms with E-state index in [-0.39, 0.29) is 12.5 Å². The van der Waals surface area contributed by atoms with Crippen LogP contribution in [0.2, 0.25) is 0 Å². The largest absolute Gasteiger partial charge is 0.484 e. The number of anilines is 2. The zero-order valence-corrected chi connectivity index (χ0v) is 20.7. The van der Waals surface area contributed by atoms with Crippen LogP contribution in [0.25, 0.3) is 27.5 Å². The van der Waals surface area contributed by atoms with Gasteiger partial charge in [0.05, 0.1) is 5.69 Å². The van der Waals surface area contributed by atoms with Crippen LogP contribution in [0.4, 0.5) is 11.4 Å². The van der Waals surface area contributed by atoms with Crippen molar-refractivity contribution < 1.29 is 9.53 Å². The maximum Gasteiger partial charge on any atom is 0.262 e. The molecule has 5 aromatic rings. The number of aryl methyl sites for hydroxylation is 1. The predicted octanol–water partition coefficient (Wildman–Crippen LogP) is 5.75. The fraction of sp³-hybridized carbons (Fsp3) is 0.207. The van der Waals surface area contributed by atoms with Crippen molar-refractivity contribution in [2.75, 3.05) is 29.9 Å². The monoisotopic (exact) mass is 479 g/mol. The van der Waals surface area contributed by atoms with Crippen molar-refractivity contribution in [3.8, 4) is 11.4 Å². The zero-order valence-electron chi connectivity index (χ0n) is 20.7. The van der Waals surface area contributed by atoms with E-state index in [1.54, 1.807) is 4.80 Å². The molecule has 1 N–H and O–H groups in total. The van der Waals surface area contributed by atoms with E-state index in [1.807, 2.05) is 73.7 Å². The third kappa shape index (κ3) is 4.86. The second kappa shape index (κ2) is 10.1. The minimum absolute atomic E-state index is 0.0820. The van der Waals surface area contributed by atoms with Crippen LogP contribution >= 0.6 is 0 Å². The van der Waals surface area contributed by atoms with Gasteiger partial charge in [-0.1, -0.05) is 30.3 Å². The topological polar surface area (TPSA) is 72.3 Å². The van der Waals surface area contributed by atoms with E-state index >= 15 is 0 Å². The van der Waals surface area contributed by atoms with E-state index in [9.17, 15) is 4.79 Å². The molecule has 5 rings (SSSR count). The Balaban J connectivity index is 1.28. The van der Waals surface area contributed by atoms with Crippen molar-refractivity contribution in [2.45, 2.75) is 20.8 Å². The highest BCUT2D eigenvalue weighted by atomic mass is 16.5. The van der Waals surface area contributed by atoms with Gasteiger partial charge in [0.25, 0.3) is 5.91 Å². The van der Waals surface area contributed by atoms with E-state index in [4.69, 9.17) is 4.74 Å². The highest BCUT2D eigenvalue weighted by Crippen LogP contribution is 2.24. The number of nitrogens with one attached hydrogen (secondary N) is 1. The molecule has 1 amide bonds. The maximum atomic E-state index is 12.6. The molecular weight excluding hydrogens is 450 g/mol. The highest BCUT2D eigenvalue weighted by Gasteiger charge is 2.12. The van der Waals surface area contributed by atoms with E-state index in [2.05, 4.69) is 46.4 Å². The van der Waals surface area contributed by atoms with Crippen LogP contribution in [-0.4, -0.2) is 40.6 Å². The van der Waals surface area contributed by atoms with Crippen LogP contribution in [0, 0.1) is 6.92 Å². The summed E-state index contributed by atoms with van der Waals surface area (Å²) in [5.74, 6) is 0.427. The van der Waals surface area contributed by atoms with Crippen LogP contribution < -0.4 is 15.0 Å². The number of amides is 1. The summed E-state index contributed by atoms with van der Waals surface area (Å²) >= 11 is 0. The molecule has 182 valence electrons. The maximum absolute atomic E-state index is 12.6. The number of benzene rings is 4. The minimum atomic E-state index is -0.231. The Morgan fingerprint density at radius 1 is 0.889 bits per heavy atom. The number of hydrogen-bond acceptors (Lipinski definition) is 5. The number of fused-ring (bicyclic) bond motifs is 2. The first-order valence-corrected chi connectivity index (χ1v) is 12.2. The van der Waals surface area contributed by atoms with Gasteiger partial charge in [0.2, 0.25) is 0 Å². The van der Waals surface area contributed by atoms with Gasteiger partial charge >= 0.3 is 0 Å². The molecule has 0 atom stereocenters. The van der Waals surface area contributed by atoms with Gasteiger partial charge in [0.15, 0.2) is 6.61 Å². The van der Waals surface area contributed by atoms with Gasteiger partial charge in [0.1, 0.15) is 16.8 Å². The molecule has 0 spiro atoms. The van der Waals surface area contributed by atoms with Gasteiger partial charge in [-0.15, -0.1) is 10.2 Å². The molecule has 7 heteroatoms. The standard InChI is InChI=1S/C29H29N5O2/c1-4-33(5-2)23-11-13-24(14-12-23)34-31-27-16-20(3)26(18-28(27)32-34)30-29(35)19-36-25-15-10-21-8-6-7-9-22(21)17-25/h6-18H,4-5,19H2,1-3H3,(H,30,35). The third-order valence-electron chi connectivity index (χ3n) is 6.30. The Hall–Kier alpha value is -4.39. The lowest BCUT2D eigenvalue weighted by molar-refractivity contribution is -0.118. The van der Waals surface area contributed by atoms with Crippen molar-refractivity contribution in [2.24, 2.45) is 0 Å². The fourth-order valence-electron chi connectivity index (χ4n) is 4.30. The Kier molecular flexibility index (Phi) is 6.54. The molecule has 0 bridgehead atoms. The molecule has 36 heavy (non-hydrogen) atoms.